The third-order valence-electron chi connectivity index (χ3n) is 2.88. The Bertz CT molecular complexity index is 399. The molecule has 0 radical (unpaired) electrons. The molecule has 0 amide bonds. The first-order valence-electron chi connectivity index (χ1n) is 6.63. The molecule has 2 N–H and O–H groups in total. The van der Waals surface area contributed by atoms with Crippen LogP contribution < -0.4 is 5.73 Å². The highest BCUT2D eigenvalue weighted by Crippen LogP contribution is 2.18. The maximum atomic E-state index is 11.6. The Morgan fingerprint density at radius 1 is 1.33 bits per heavy atom. The quantitative estimate of drug-likeness (QED) is 0.595. The van der Waals surface area contributed by atoms with Crippen LogP contribution >= 0.6 is 0 Å². The largest absolute Gasteiger partial charge is 0.464 e. The predicted octanol–water partition coefficient (Wildman–Crippen LogP) is 1.93. The van der Waals surface area contributed by atoms with Crippen molar-refractivity contribution in [3.05, 3.63) is 11.4 Å². The van der Waals surface area contributed by atoms with Crippen molar-refractivity contribution in [2.75, 3.05) is 12.3 Å². The van der Waals surface area contributed by atoms with Gasteiger partial charge in [0.05, 0.1) is 23.7 Å². The van der Waals surface area contributed by atoms with Crippen molar-refractivity contribution in [1.29, 1.82) is 0 Å². The standard InChI is InChI=1S/C13H23N3O2/c1-4-7-8-18-12(17)9-16-11(6-3)13(14)10(5-2)15-16/h4-9,14H2,1-3H3. The van der Waals surface area contributed by atoms with Crippen LogP contribution in [0.15, 0.2) is 0 Å². The van der Waals surface area contributed by atoms with E-state index in [1.165, 1.54) is 0 Å². The molecule has 5 nitrogen and oxygen atoms in total. The summed E-state index contributed by atoms with van der Waals surface area (Å²) in [5.74, 6) is -0.247. The molecule has 0 unspecified atom stereocenters. The number of aromatic nitrogens is 2. The monoisotopic (exact) mass is 253 g/mol. The van der Waals surface area contributed by atoms with E-state index in [1.54, 1.807) is 4.68 Å². The number of carbonyl (C=O) groups is 1. The molecule has 102 valence electrons. The summed E-state index contributed by atoms with van der Waals surface area (Å²) in [5, 5.41) is 4.36. The molecule has 0 aliphatic heterocycles. The first-order chi connectivity index (χ1) is 8.63. The van der Waals surface area contributed by atoms with Crippen molar-refractivity contribution in [3.8, 4) is 0 Å². The Balaban J connectivity index is 2.68. The number of esters is 1. The average molecular weight is 253 g/mol. The predicted molar refractivity (Wildman–Crippen MR) is 71.3 cm³/mol. The van der Waals surface area contributed by atoms with E-state index < -0.39 is 0 Å². The fourth-order valence-corrected chi connectivity index (χ4v) is 1.83. The summed E-state index contributed by atoms with van der Waals surface area (Å²) in [5.41, 5.74) is 8.47. The molecule has 0 saturated heterocycles. The van der Waals surface area contributed by atoms with Crippen LogP contribution in [0.1, 0.15) is 45.0 Å². The SMILES string of the molecule is CCCCOC(=O)Cn1nc(CC)c(N)c1CC. The van der Waals surface area contributed by atoms with Gasteiger partial charge in [-0.3, -0.25) is 9.48 Å². The summed E-state index contributed by atoms with van der Waals surface area (Å²) in [6, 6.07) is 0. The van der Waals surface area contributed by atoms with Gasteiger partial charge in [-0.2, -0.15) is 5.10 Å². The van der Waals surface area contributed by atoms with Crippen molar-refractivity contribution in [2.24, 2.45) is 0 Å². The third-order valence-corrected chi connectivity index (χ3v) is 2.88. The van der Waals surface area contributed by atoms with E-state index in [9.17, 15) is 4.79 Å². The van der Waals surface area contributed by atoms with Gasteiger partial charge in [0.1, 0.15) is 6.54 Å². The van der Waals surface area contributed by atoms with E-state index >= 15 is 0 Å². The highest BCUT2D eigenvalue weighted by atomic mass is 16.5. The van der Waals surface area contributed by atoms with Crippen LogP contribution in [0.25, 0.3) is 0 Å². The highest BCUT2D eigenvalue weighted by Gasteiger charge is 2.15. The van der Waals surface area contributed by atoms with Crippen molar-refractivity contribution in [1.82, 2.24) is 9.78 Å². The molecule has 1 heterocycles. The Labute approximate surface area is 108 Å². The molecule has 1 aromatic heterocycles. The zero-order valence-corrected chi connectivity index (χ0v) is 11.5. The smallest absolute Gasteiger partial charge is 0.327 e. The van der Waals surface area contributed by atoms with Crippen LogP contribution in [0.4, 0.5) is 5.69 Å². The number of anilines is 1. The van der Waals surface area contributed by atoms with Gasteiger partial charge in [-0.05, 0) is 19.3 Å². The lowest BCUT2D eigenvalue weighted by molar-refractivity contribution is -0.144. The van der Waals surface area contributed by atoms with Crippen LogP contribution in [-0.4, -0.2) is 22.4 Å². The number of nitrogens with two attached hydrogens (primary N) is 1. The second-order valence-corrected chi connectivity index (χ2v) is 4.25. The fraction of sp³-hybridized carbons (Fsp3) is 0.692. The average Bonchev–Trinajstić information content (AvgIpc) is 2.65. The summed E-state index contributed by atoms with van der Waals surface area (Å²) in [7, 11) is 0. The first kappa shape index (κ1) is 14.5. The van der Waals surface area contributed by atoms with Crippen LogP contribution in [0, 0.1) is 0 Å². The maximum absolute atomic E-state index is 11.6. The van der Waals surface area contributed by atoms with E-state index in [2.05, 4.69) is 12.0 Å². The Hall–Kier alpha value is -1.52. The summed E-state index contributed by atoms with van der Waals surface area (Å²) in [6.45, 7) is 6.70. The molecule has 0 atom stereocenters. The molecular weight excluding hydrogens is 230 g/mol. The van der Waals surface area contributed by atoms with Crippen molar-refractivity contribution in [3.63, 3.8) is 0 Å². The number of aryl methyl sites for hydroxylation is 1. The van der Waals surface area contributed by atoms with E-state index in [0.717, 1.165) is 37.1 Å². The highest BCUT2D eigenvalue weighted by molar-refractivity contribution is 5.69. The number of unbranched alkanes of at least 4 members (excludes halogenated alkanes) is 1. The van der Waals surface area contributed by atoms with E-state index in [1.807, 2.05) is 13.8 Å². The summed E-state index contributed by atoms with van der Waals surface area (Å²) < 4.78 is 6.80. The topological polar surface area (TPSA) is 70.1 Å². The molecule has 1 aromatic rings. The first-order valence-corrected chi connectivity index (χ1v) is 6.63. The minimum absolute atomic E-state index is 0.150. The number of ether oxygens (including phenoxy) is 1. The Morgan fingerprint density at radius 2 is 2.06 bits per heavy atom. The second kappa shape index (κ2) is 7.03. The normalized spacial score (nSPS) is 10.6. The second-order valence-electron chi connectivity index (χ2n) is 4.25. The van der Waals surface area contributed by atoms with Gasteiger partial charge in [0, 0.05) is 0 Å². The van der Waals surface area contributed by atoms with Gasteiger partial charge in [-0.15, -0.1) is 0 Å². The van der Waals surface area contributed by atoms with Gasteiger partial charge in [0.25, 0.3) is 0 Å². The molecule has 0 aliphatic rings. The Morgan fingerprint density at radius 3 is 2.61 bits per heavy atom. The molecule has 5 heteroatoms. The van der Waals surface area contributed by atoms with Gasteiger partial charge in [0.15, 0.2) is 0 Å². The minimum Gasteiger partial charge on any atom is -0.464 e. The van der Waals surface area contributed by atoms with Crippen molar-refractivity contribution < 1.29 is 9.53 Å². The van der Waals surface area contributed by atoms with Gasteiger partial charge in [0.2, 0.25) is 0 Å². The molecule has 0 aliphatic carbocycles. The zero-order valence-electron chi connectivity index (χ0n) is 11.5. The minimum atomic E-state index is -0.247. The Kier molecular flexibility index (Phi) is 5.68. The fourth-order valence-electron chi connectivity index (χ4n) is 1.83. The number of carbonyl (C=O) groups excluding carboxylic acids is 1. The maximum Gasteiger partial charge on any atom is 0.327 e. The van der Waals surface area contributed by atoms with Crippen LogP contribution in [0.5, 0.6) is 0 Å². The molecular formula is C13H23N3O2. The van der Waals surface area contributed by atoms with Crippen LogP contribution in [0.3, 0.4) is 0 Å². The third kappa shape index (κ3) is 3.48. The molecule has 0 saturated carbocycles. The number of hydrogen-bond donors (Lipinski definition) is 1. The summed E-state index contributed by atoms with van der Waals surface area (Å²) in [6.07, 6.45) is 3.45. The molecule has 0 aromatic carbocycles. The van der Waals surface area contributed by atoms with Crippen LogP contribution in [0.2, 0.25) is 0 Å². The number of hydrogen-bond acceptors (Lipinski definition) is 4. The molecule has 0 fully saturated rings. The summed E-state index contributed by atoms with van der Waals surface area (Å²) >= 11 is 0. The lowest BCUT2D eigenvalue weighted by Gasteiger charge is -2.06. The summed E-state index contributed by atoms with van der Waals surface area (Å²) in [4.78, 5) is 11.6. The molecule has 0 spiro atoms. The van der Waals surface area contributed by atoms with E-state index in [-0.39, 0.29) is 12.5 Å². The van der Waals surface area contributed by atoms with Gasteiger partial charge in [-0.1, -0.05) is 27.2 Å². The van der Waals surface area contributed by atoms with Crippen molar-refractivity contribution in [2.45, 2.75) is 53.0 Å². The zero-order chi connectivity index (χ0) is 13.5. The van der Waals surface area contributed by atoms with Crippen LogP contribution in [-0.2, 0) is 28.9 Å². The number of nitrogens with zero attached hydrogens (tertiary/aromatic N) is 2. The van der Waals surface area contributed by atoms with Gasteiger partial charge in [-0.25, -0.2) is 0 Å². The lowest BCUT2D eigenvalue weighted by Crippen LogP contribution is -2.17. The molecule has 18 heavy (non-hydrogen) atoms. The van der Waals surface area contributed by atoms with Gasteiger partial charge < -0.3 is 10.5 Å². The van der Waals surface area contributed by atoms with Crippen molar-refractivity contribution >= 4 is 11.7 Å². The van der Waals surface area contributed by atoms with Gasteiger partial charge >= 0.3 is 5.97 Å². The lowest BCUT2D eigenvalue weighted by atomic mass is 10.2. The van der Waals surface area contributed by atoms with E-state index in [0.29, 0.717) is 12.3 Å². The number of rotatable bonds is 7. The molecule has 1 rings (SSSR count). The molecule has 0 bridgehead atoms. The van der Waals surface area contributed by atoms with E-state index in [4.69, 9.17) is 10.5 Å². The number of nitrogen functional groups attached to an aromatic ring is 1.